The number of rotatable bonds is 3. The Balaban J connectivity index is 0.000000157. The van der Waals surface area contributed by atoms with E-state index in [9.17, 15) is 0 Å². The van der Waals surface area contributed by atoms with Gasteiger partial charge in [0.1, 0.15) is 11.6 Å². The van der Waals surface area contributed by atoms with Crippen molar-refractivity contribution in [3.05, 3.63) is 116 Å². The van der Waals surface area contributed by atoms with Crippen LogP contribution < -0.4 is 9.62 Å². The molecule has 6 rings (SSSR count). The van der Waals surface area contributed by atoms with E-state index in [2.05, 4.69) is 56.4 Å². The van der Waals surface area contributed by atoms with Crippen LogP contribution >= 0.6 is 0 Å². The van der Waals surface area contributed by atoms with Crippen LogP contribution in [-0.2, 0) is 20.1 Å². The predicted molar refractivity (Wildman–Crippen MR) is 135 cm³/mol. The molecule has 34 heavy (non-hydrogen) atoms. The normalized spacial score (nSPS) is 12.4. The fraction of sp³-hybridized carbons (Fsp3) is 0.0741. The van der Waals surface area contributed by atoms with Crippen molar-refractivity contribution in [3.8, 4) is 11.3 Å². The van der Waals surface area contributed by atoms with Gasteiger partial charge in [0.2, 0.25) is 0 Å². The maximum atomic E-state index is 4.45. The first-order valence-electron chi connectivity index (χ1n) is 10.9. The molecule has 0 saturated carbocycles. The molecule has 5 nitrogen and oxygen atoms in total. The molecule has 0 N–H and O–H groups in total. The van der Waals surface area contributed by atoms with Crippen LogP contribution in [0.15, 0.2) is 110 Å². The average Bonchev–Trinajstić information content (AvgIpc) is 3.41. The Hall–Kier alpha value is -3.54. The minimum absolute atomic E-state index is 0. The Morgan fingerprint density at radius 1 is 0.676 bits per heavy atom. The molecular weight excluding hydrogens is 597 g/mol. The third-order valence-electron chi connectivity index (χ3n) is 5.36. The standard InChI is InChI=1S/C15H10N.C12H12BN4.Ir/c1-2-6-12(7-3-1)15-10-13-8-4-5-9-14(13)11-16-15;1-3-7-14-11(5-1)16-9-10-17(13-16)12-6-2-4-8-15-12;/h1-6,8-11H;1-8H,9-10H2;/q-1;;. The van der Waals surface area contributed by atoms with E-state index in [1.807, 2.05) is 91.4 Å². The largest absolute Gasteiger partial charge is 0.394 e. The van der Waals surface area contributed by atoms with Crippen LogP contribution in [0.3, 0.4) is 0 Å². The maximum absolute atomic E-state index is 4.45. The average molecular weight is 620 g/mol. The van der Waals surface area contributed by atoms with E-state index < -0.39 is 0 Å². The number of pyridine rings is 3. The van der Waals surface area contributed by atoms with Crippen molar-refractivity contribution in [1.29, 1.82) is 0 Å². The number of anilines is 2. The SMILES string of the molecule is [B]1N(c2ccccn2)CCN1c1ccccn1.[Ir].[c-]1ccccc1-c1cc2ccccc2cn1. The van der Waals surface area contributed by atoms with Crippen molar-refractivity contribution in [3.63, 3.8) is 0 Å². The molecule has 4 heterocycles. The maximum Gasteiger partial charge on any atom is 0.394 e. The Kier molecular flexibility index (Phi) is 8.02. The van der Waals surface area contributed by atoms with Crippen LogP contribution in [0.25, 0.3) is 22.0 Å². The van der Waals surface area contributed by atoms with Crippen molar-refractivity contribution < 1.29 is 20.1 Å². The molecule has 0 atom stereocenters. The van der Waals surface area contributed by atoms with Gasteiger partial charge in [-0.2, -0.15) is 0 Å². The first-order chi connectivity index (χ1) is 16.4. The van der Waals surface area contributed by atoms with Gasteiger partial charge in [-0.05, 0) is 40.7 Å². The molecule has 2 aromatic carbocycles. The number of benzene rings is 2. The predicted octanol–water partition coefficient (Wildman–Crippen LogP) is 5.04. The molecule has 5 aromatic rings. The van der Waals surface area contributed by atoms with Crippen molar-refractivity contribution in [2.75, 3.05) is 22.7 Å². The summed E-state index contributed by atoms with van der Waals surface area (Å²) in [4.78, 5) is 17.4. The van der Waals surface area contributed by atoms with Crippen molar-refractivity contribution in [1.82, 2.24) is 15.0 Å². The van der Waals surface area contributed by atoms with Crippen LogP contribution in [0.4, 0.5) is 11.6 Å². The Bertz CT molecular complexity index is 1260. The third kappa shape index (κ3) is 5.68. The van der Waals surface area contributed by atoms with E-state index in [-0.39, 0.29) is 20.1 Å². The van der Waals surface area contributed by atoms with E-state index >= 15 is 0 Å². The third-order valence-corrected chi connectivity index (χ3v) is 5.36. The number of fused-ring (bicyclic) bond motifs is 1. The Morgan fingerprint density at radius 3 is 1.88 bits per heavy atom. The Morgan fingerprint density at radius 2 is 1.29 bits per heavy atom. The molecule has 1 saturated heterocycles. The van der Waals surface area contributed by atoms with Crippen LogP contribution in [0.2, 0.25) is 0 Å². The second kappa shape index (κ2) is 11.5. The first-order valence-corrected chi connectivity index (χ1v) is 10.9. The molecule has 1 aliphatic heterocycles. The summed E-state index contributed by atoms with van der Waals surface area (Å²) in [6, 6.07) is 33.3. The molecule has 0 spiro atoms. The van der Waals surface area contributed by atoms with E-state index in [1.54, 1.807) is 0 Å². The van der Waals surface area contributed by atoms with Crippen LogP contribution in [-0.4, -0.2) is 35.6 Å². The van der Waals surface area contributed by atoms with Gasteiger partial charge in [-0.25, -0.2) is 9.97 Å². The van der Waals surface area contributed by atoms with Gasteiger partial charge >= 0.3 is 7.55 Å². The number of nitrogens with zero attached hydrogens (tertiary/aromatic N) is 5. The van der Waals surface area contributed by atoms with Gasteiger partial charge in [0.05, 0.1) is 0 Å². The zero-order valence-corrected chi connectivity index (χ0v) is 20.8. The quantitative estimate of drug-likeness (QED) is 0.209. The smallest absolute Gasteiger partial charge is 0.382 e. The van der Waals surface area contributed by atoms with E-state index in [0.717, 1.165) is 36.0 Å². The summed E-state index contributed by atoms with van der Waals surface area (Å²) in [5.41, 5.74) is 2.01. The molecular formula is C27H22BIrN5-. The van der Waals surface area contributed by atoms with E-state index in [1.165, 1.54) is 10.8 Å². The van der Waals surface area contributed by atoms with Gasteiger partial charge in [0.15, 0.2) is 0 Å². The van der Waals surface area contributed by atoms with Crippen molar-refractivity contribution >= 4 is 30.0 Å². The summed E-state index contributed by atoms with van der Waals surface area (Å²) < 4.78 is 0. The van der Waals surface area contributed by atoms with Gasteiger partial charge in [0.25, 0.3) is 0 Å². The second-order valence-corrected chi connectivity index (χ2v) is 7.57. The number of aromatic nitrogens is 3. The van der Waals surface area contributed by atoms with E-state index in [0.29, 0.717) is 0 Å². The molecule has 7 heteroatoms. The fourth-order valence-electron chi connectivity index (χ4n) is 3.68. The molecule has 0 amide bonds. The fourth-order valence-corrected chi connectivity index (χ4v) is 3.68. The molecule has 0 bridgehead atoms. The second-order valence-electron chi connectivity index (χ2n) is 7.57. The summed E-state index contributed by atoms with van der Waals surface area (Å²) in [7, 11) is 2.06. The van der Waals surface area contributed by atoms with Gasteiger partial charge < -0.3 is 14.6 Å². The molecule has 0 aliphatic carbocycles. The van der Waals surface area contributed by atoms with Crippen molar-refractivity contribution in [2.24, 2.45) is 0 Å². The first kappa shape index (κ1) is 23.6. The number of hydrogen-bond acceptors (Lipinski definition) is 5. The molecule has 2 radical (unpaired) electrons. The van der Waals surface area contributed by atoms with Gasteiger partial charge in [-0.3, -0.25) is 0 Å². The minimum atomic E-state index is 0. The molecule has 168 valence electrons. The van der Waals surface area contributed by atoms with E-state index in [4.69, 9.17) is 0 Å². The summed E-state index contributed by atoms with van der Waals surface area (Å²) in [5, 5.41) is 2.38. The Labute approximate surface area is 214 Å². The topological polar surface area (TPSA) is 45.2 Å². The summed E-state index contributed by atoms with van der Waals surface area (Å²) in [5.74, 6) is 1.96. The summed E-state index contributed by atoms with van der Waals surface area (Å²) in [6.45, 7) is 1.88. The zero-order chi connectivity index (χ0) is 22.3. The van der Waals surface area contributed by atoms with Gasteiger partial charge in [-0.15, -0.1) is 35.9 Å². The zero-order valence-electron chi connectivity index (χ0n) is 18.5. The van der Waals surface area contributed by atoms with Crippen LogP contribution in [0, 0.1) is 6.07 Å². The summed E-state index contributed by atoms with van der Waals surface area (Å²) in [6.07, 6.45) is 5.53. The molecule has 1 aliphatic rings. The monoisotopic (exact) mass is 620 g/mol. The molecule has 1 fully saturated rings. The number of hydrogen-bond donors (Lipinski definition) is 0. The molecule has 0 unspecified atom stereocenters. The van der Waals surface area contributed by atoms with Gasteiger partial charge in [0, 0.05) is 51.8 Å². The summed E-state index contributed by atoms with van der Waals surface area (Å²) >= 11 is 0. The molecule has 3 aromatic heterocycles. The van der Waals surface area contributed by atoms with Crippen LogP contribution in [0.5, 0.6) is 0 Å². The van der Waals surface area contributed by atoms with Crippen molar-refractivity contribution in [2.45, 2.75) is 0 Å². The van der Waals surface area contributed by atoms with Gasteiger partial charge in [-0.1, -0.05) is 42.5 Å². The van der Waals surface area contributed by atoms with Crippen LogP contribution in [0.1, 0.15) is 0 Å². The minimum Gasteiger partial charge on any atom is -0.382 e.